The van der Waals surface area contributed by atoms with E-state index in [1.165, 1.54) is 0 Å². The first kappa shape index (κ1) is 12.8. The third-order valence-corrected chi connectivity index (χ3v) is 3.42. The fraction of sp³-hybridized carbons (Fsp3) is 0.250. The molecule has 1 amide bonds. The smallest absolute Gasteiger partial charge is 0.231 e. The topological polar surface area (TPSA) is 51.2 Å². The largest absolute Gasteiger partial charge is 0.381 e. The van der Waals surface area contributed by atoms with Gasteiger partial charge in [0.05, 0.1) is 12.5 Å². The summed E-state index contributed by atoms with van der Waals surface area (Å²) in [5.41, 5.74) is 2.15. The van der Waals surface area contributed by atoms with Crippen molar-refractivity contribution in [2.75, 3.05) is 18.5 Å². The summed E-state index contributed by atoms with van der Waals surface area (Å²) >= 11 is 0. The van der Waals surface area contributed by atoms with E-state index in [2.05, 4.69) is 10.3 Å². The maximum atomic E-state index is 12.0. The molecule has 2 aromatic rings. The Morgan fingerprint density at radius 3 is 2.80 bits per heavy atom. The van der Waals surface area contributed by atoms with Gasteiger partial charge >= 0.3 is 0 Å². The molecule has 0 radical (unpaired) electrons. The Labute approximate surface area is 117 Å². The lowest BCUT2D eigenvalue weighted by molar-refractivity contribution is -0.119. The summed E-state index contributed by atoms with van der Waals surface area (Å²) in [5.74, 6) is 0.514. The van der Waals surface area contributed by atoms with Crippen molar-refractivity contribution < 1.29 is 9.53 Å². The van der Waals surface area contributed by atoms with Crippen molar-refractivity contribution in [2.45, 2.75) is 6.42 Å². The molecule has 3 rings (SSSR count). The van der Waals surface area contributed by atoms with Crippen molar-refractivity contribution in [1.82, 2.24) is 4.98 Å². The molecule has 1 fully saturated rings. The Bertz CT molecular complexity index is 592. The van der Waals surface area contributed by atoms with E-state index in [1.54, 1.807) is 6.20 Å². The van der Waals surface area contributed by atoms with Crippen LogP contribution in [0.15, 0.2) is 48.7 Å². The zero-order chi connectivity index (χ0) is 13.8. The molecule has 0 bridgehead atoms. The van der Waals surface area contributed by atoms with Gasteiger partial charge in [0.15, 0.2) is 0 Å². The first-order valence-corrected chi connectivity index (χ1v) is 6.73. The van der Waals surface area contributed by atoms with Crippen LogP contribution in [0.2, 0.25) is 0 Å². The van der Waals surface area contributed by atoms with E-state index in [0.29, 0.717) is 19.0 Å². The maximum Gasteiger partial charge on any atom is 0.231 e. The van der Waals surface area contributed by atoms with Gasteiger partial charge in [0.25, 0.3) is 0 Å². The van der Waals surface area contributed by atoms with Crippen molar-refractivity contribution in [3.63, 3.8) is 0 Å². The summed E-state index contributed by atoms with van der Waals surface area (Å²) in [6, 6.07) is 13.9. The van der Waals surface area contributed by atoms with Crippen molar-refractivity contribution >= 4 is 11.7 Å². The van der Waals surface area contributed by atoms with Crippen LogP contribution >= 0.6 is 0 Å². The van der Waals surface area contributed by atoms with Gasteiger partial charge in [-0.05, 0) is 29.7 Å². The van der Waals surface area contributed by atoms with Crippen LogP contribution in [0.25, 0.3) is 11.1 Å². The Morgan fingerprint density at radius 1 is 1.20 bits per heavy atom. The molecule has 1 aliphatic rings. The number of rotatable bonds is 3. The van der Waals surface area contributed by atoms with E-state index in [1.807, 2.05) is 42.5 Å². The van der Waals surface area contributed by atoms with E-state index in [9.17, 15) is 4.79 Å². The molecule has 1 aliphatic heterocycles. The Kier molecular flexibility index (Phi) is 3.74. The second-order valence-corrected chi connectivity index (χ2v) is 4.85. The zero-order valence-corrected chi connectivity index (χ0v) is 11.1. The highest BCUT2D eigenvalue weighted by Gasteiger charge is 2.23. The molecule has 4 heteroatoms. The van der Waals surface area contributed by atoms with Crippen molar-refractivity contribution in [3.05, 3.63) is 48.7 Å². The quantitative estimate of drug-likeness (QED) is 0.931. The van der Waals surface area contributed by atoms with Crippen LogP contribution < -0.4 is 5.32 Å². The summed E-state index contributed by atoms with van der Waals surface area (Å²) in [4.78, 5) is 16.2. The first-order chi connectivity index (χ1) is 9.83. The Morgan fingerprint density at radius 2 is 2.05 bits per heavy atom. The number of anilines is 1. The zero-order valence-electron chi connectivity index (χ0n) is 11.1. The molecule has 1 aromatic heterocycles. The van der Waals surface area contributed by atoms with Crippen LogP contribution in [0.5, 0.6) is 0 Å². The van der Waals surface area contributed by atoms with Crippen molar-refractivity contribution in [2.24, 2.45) is 5.92 Å². The van der Waals surface area contributed by atoms with Gasteiger partial charge in [0.2, 0.25) is 5.91 Å². The van der Waals surface area contributed by atoms with Gasteiger partial charge in [-0.2, -0.15) is 0 Å². The number of aromatic nitrogens is 1. The highest BCUT2D eigenvalue weighted by atomic mass is 16.5. The predicted molar refractivity (Wildman–Crippen MR) is 77.2 cm³/mol. The van der Waals surface area contributed by atoms with Gasteiger partial charge < -0.3 is 10.1 Å². The fourth-order valence-corrected chi connectivity index (χ4v) is 2.28. The second kappa shape index (κ2) is 5.84. The molecule has 1 unspecified atom stereocenters. The Balaban J connectivity index is 1.76. The summed E-state index contributed by atoms with van der Waals surface area (Å²) in [7, 11) is 0. The molecule has 20 heavy (non-hydrogen) atoms. The average molecular weight is 268 g/mol. The van der Waals surface area contributed by atoms with E-state index in [0.717, 1.165) is 17.5 Å². The lowest BCUT2D eigenvalue weighted by Gasteiger charge is -2.09. The van der Waals surface area contributed by atoms with Crippen molar-refractivity contribution in [1.29, 1.82) is 0 Å². The molecule has 0 saturated carbocycles. The highest BCUT2D eigenvalue weighted by molar-refractivity contribution is 5.92. The van der Waals surface area contributed by atoms with Crippen LogP contribution in [0, 0.1) is 5.92 Å². The molecular formula is C16H16N2O2. The van der Waals surface area contributed by atoms with Gasteiger partial charge in [0, 0.05) is 12.8 Å². The highest BCUT2D eigenvalue weighted by Crippen LogP contribution is 2.21. The molecule has 1 N–H and O–H groups in total. The number of carbonyl (C=O) groups excluding carboxylic acids is 1. The van der Waals surface area contributed by atoms with Crippen LogP contribution in [0.4, 0.5) is 5.82 Å². The molecule has 4 nitrogen and oxygen atoms in total. The number of nitrogens with one attached hydrogen (secondary N) is 1. The van der Waals surface area contributed by atoms with Gasteiger partial charge in [0.1, 0.15) is 5.82 Å². The van der Waals surface area contributed by atoms with Crippen LogP contribution in [-0.2, 0) is 9.53 Å². The third kappa shape index (κ3) is 2.86. The van der Waals surface area contributed by atoms with Crippen LogP contribution in [0.3, 0.4) is 0 Å². The number of ether oxygens (including phenoxy) is 1. The maximum absolute atomic E-state index is 12.0. The summed E-state index contributed by atoms with van der Waals surface area (Å²) in [5, 5.41) is 2.86. The molecule has 1 aromatic carbocycles. The van der Waals surface area contributed by atoms with Gasteiger partial charge in [-0.3, -0.25) is 4.79 Å². The lowest BCUT2D eigenvalue weighted by Crippen LogP contribution is -2.23. The lowest BCUT2D eigenvalue weighted by atomic mass is 10.1. The van der Waals surface area contributed by atoms with Crippen molar-refractivity contribution in [3.8, 4) is 11.1 Å². The first-order valence-electron chi connectivity index (χ1n) is 6.73. The normalized spacial score (nSPS) is 17.9. The second-order valence-electron chi connectivity index (χ2n) is 4.85. The van der Waals surface area contributed by atoms with Gasteiger partial charge in [-0.1, -0.05) is 30.3 Å². The van der Waals surface area contributed by atoms with E-state index < -0.39 is 0 Å². The number of hydrogen-bond donors (Lipinski definition) is 1. The number of hydrogen-bond acceptors (Lipinski definition) is 3. The molecule has 0 aliphatic carbocycles. The number of nitrogens with zero attached hydrogens (tertiary/aromatic N) is 1. The molecule has 1 atom stereocenters. The number of amides is 1. The summed E-state index contributed by atoms with van der Waals surface area (Å²) in [6.07, 6.45) is 2.49. The van der Waals surface area contributed by atoms with E-state index >= 15 is 0 Å². The van der Waals surface area contributed by atoms with Gasteiger partial charge in [-0.25, -0.2) is 4.98 Å². The minimum Gasteiger partial charge on any atom is -0.381 e. The fourth-order valence-electron chi connectivity index (χ4n) is 2.28. The SMILES string of the molecule is O=C(Nc1cc(-c2ccccc2)ccn1)C1CCOC1. The number of benzene rings is 1. The van der Waals surface area contributed by atoms with E-state index in [4.69, 9.17) is 4.74 Å². The predicted octanol–water partition coefficient (Wildman–Crippen LogP) is 2.72. The van der Waals surface area contributed by atoms with Crippen LogP contribution in [0.1, 0.15) is 6.42 Å². The standard InChI is InChI=1S/C16H16N2O2/c19-16(14-7-9-20-11-14)18-15-10-13(6-8-17-15)12-4-2-1-3-5-12/h1-6,8,10,14H,7,9,11H2,(H,17,18,19). The Hall–Kier alpha value is -2.20. The molecule has 102 valence electrons. The number of pyridine rings is 1. The van der Waals surface area contributed by atoms with Crippen LogP contribution in [-0.4, -0.2) is 24.1 Å². The van der Waals surface area contributed by atoms with E-state index in [-0.39, 0.29) is 11.8 Å². The summed E-state index contributed by atoms with van der Waals surface area (Å²) < 4.78 is 5.23. The minimum atomic E-state index is -0.0582. The minimum absolute atomic E-state index is 0.0137. The average Bonchev–Trinajstić information content (AvgIpc) is 3.03. The molecular weight excluding hydrogens is 252 g/mol. The molecule has 2 heterocycles. The van der Waals surface area contributed by atoms with Gasteiger partial charge in [-0.15, -0.1) is 0 Å². The summed E-state index contributed by atoms with van der Waals surface area (Å²) in [6.45, 7) is 1.17. The molecule has 1 saturated heterocycles. The molecule has 0 spiro atoms. The number of carbonyl (C=O) groups is 1. The third-order valence-electron chi connectivity index (χ3n) is 3.42. The monoisotopic (exact) mass is 268 g/mol.